The number of hydrogen-bond acceptors (Lipinski definition) is 3. The van der Waals surface area contributed by atoms with E-state index in [4.69, 9.17) is 9.47 Å². The second-order valence-electron chi connectivity index (χ2n) is 4.08. The summed E-state index contributed by atoms with van der Waals surface area (Å²) in [6, 6.07) is 8.02. The molecule has 0 radical (unpaired) electrons. The molecular weight excluding hydrogens is 204 g/mol. The lowest BCUT2D eigenvalue weighted by Gasteiger charge is -2.29. The number of aliphatic hydroxyl groups is 1. The van der Waals surface area contributed by atoms with Gasteiger partial charge in [-0.3, -0.25) is 0 Å². The Bertz CT molecular complexity index is 338. The summed E-state index contributed by atoms with van der Waals surface area (Å²) in [5.41, 5.74) is 2.25. The summed E-state index contributed by atoms with van der Waals surface area (Å²) in [4.78, 5) is 0. The molecule has 16 heavy (non-hydrogen) atoms. The van der Waals surface area contributed by atoms with E-state index in [1.54, 1.807) is 7.11 Å². The minimum Gasteiger partial charge on any atom is -0.386 e. The molecule has 88 valence electrons. The Kier molecular flexibility index (Phi) is 3.93. The first kappa shape index (κ1) is 11.6. The van der Waals surface area contributed by atoms with Crippen LogP contribution in [0.1, 0.15) is 23.7 Å². The fourth-order valence-corrected chi connectivity index (χ4v) is 2.16. The lowest BCUT2D eigenvalue weighted by molar-refractivity contribution is -0.0612. The number of benzene rings is 1. The highest BCUT2D eigenvalue weighted by atomic mass is 16.5. The summed E-state index contributed by atoms with van der Waals surface area (Å²) < 4.78 is 10.5. The van der Waals surface area contributed by atoms with Gasteiger partial charge in [-0.2, -0.15) is 0 Å². The molecule has 1 aromatic carbocycles. The van der Waals surface area contributed by atoms with Gasteiger partial charge in [0, 0.05) is 7.11 Å². The van der Waals surface area contributed by atoms with Crippen LogP contribution in [-0.2, 0) is 15.9 Å². The number of ether oxygens (including phenoxy) is 2. The summed E-state index contributed by atoms with van der Waals surface area (Å²) in [7, 11) is 1.65. The van der Waals surface area contributed by atoms with Gasteiger partial charge < -0.3 is 14.6 Å². The summed E-state index contributed by atoms with van der Waals surface area (Å²) in [5, 5.41) is 10.2. The molecule has 0 heterocycles. The van der Waals surface area contributed by atoms with Crippen LogP contribution in [0.4, 0.5) is 0 Å². The molecule has 1 aliphatic carbocycles. The molecule has 2 rings (SSSR count). The van der Waals surface area contributed by atoms with Gasteiger partial charge in [0.2, 0.25) is 0 Å². The largest absolute Gasteiger partial charge is 0.386 e. The first-order valence-electron chi connectivity index (χ1n) is 5.69. The van der Waals surface area contributed by atoms with Crippen LogP contribution < -0.4 is 0 Å². The molecule has 0 aliphatic heterocycles. The lowest BCUT2D eigenvalue weighted by atomic mass is 9.87. The quantitative estimate of drug-likeness (QED) is 0.788. The third-order valence-corrected chi connectivity index (χ3v) is 3.04. The van der Waals surface area contributed by atoms with Gasteiger partial charge in [0.1, 0.15) is 6.10 Å². The molecule has 1 aliphatic rings. The van der Waals surface area contributed by atoms with Crippen LogP contribution in [-0.4, -0.2) is 31.5 Å². The van der Waals surface area contributed by atoms with Crippen molar-refractivity contribution in [3.63, 3.8) is 0 Å². The molecule has 0 saturated carbocycles. The van der Waals surface area contributed by atoms with Crippen molar-refractivity contribution in [1.82, 2.24) is 0 Å². The van der Waals surface area contributed by atoms with Crippen LogP contribution in [0.15, 0.2) is 24.3 Å². The Morgan fingerprint density at radius 3 is 2.94 bits per heavy atom. The van der Waals surface area contributed by atoms with E-state index in [0.29, 0.717) is 13.2 Å². The number of aliphatic hydroxyl groups excluding tert-OH is 1. The fourth-order valence-electron chi connectivity index (χ4n) is 2.16. The van der Waals surface area contributed by atoms with Crippen LogP contribution in [0.5, 0.6) is 0 Å². The standard InChI is InChI=1S/C13H18O3/c1-15-8-9-16-12-7-6-10-4-2-3-5-11(10)13(12)14/h2-5,12-14H,6-9H2,1H3. The third kappa shape index (κ3) is 2.43. The second kappa shape index (κ2) is 5.43. The first-order chi connectivity index (χ1) is 7.83. The van der Waals surface area contributed by atoms with Crippen LogP contribution in [0, 0.1) is 0 Å². The van der Waals surface area contributed by atoms with E-state index in [1.165, 1.54) is 5.56 Å². The highest BCUT2D eigenvalue weighted by molar-refractivity contribution is 5.32. The molecule has 0 saturated heterocycles. The van der Waals surface area contributed by atoms with E-state index in [9.17, 15) is 5.11 Å². The highest BCUT2D eigenvalue weighted by Gasteiger charge is 2.27. The molecule has 2 atom stereocenters. The zero-order valence-electron chi connectivity index (χ0n) is 9.56. The van der Waals surface area contributed by atoms with E-state index < -0.39 is 6.10 Å². The number of hydrogen-bond donors (Lipinski definition) is 1. The second-order valence-corrected chi connectivity index (χ2v) is 4.08. The monoisotopic (exact) mass is 222 g/mol. The molecule has 3 nitrogen and oxygen atoms in total. The number of aryl methyl sites for hydroxylation is 1. The average molecular weight is 222 g/mol. The SMILES string of the molecule is COCCOC1CCc2ccccc2C1O. The van der Waals surface area contributed by atoms with Gasteiger partial charge in [-0.1, -0.05) is 24.3 Å². The Hall–Kier alpha value is -0.900. The number of methoxy groups -OCH3 is 1. The van der Waals surface area contributed by atoms with E-state index >= 15 is 0 Å². The van der Waals surface area contributed by atoms with Gasteiger partial charge >= 0.3 is 0 Å². The maximum atomic E-state index is 10.2. The Labute approximate surface area is 96.0 Å². The molecule has 2 unspecified atom stereocenters. The normalized spacial score (nSPS) is 24.1. The molecule has 0 fully saturated rings. The summed E-state index contributed by atoms with van der Waals surface area (Å²) in [5.74, 6) is 0. The van der Waals surface area contributed by atoms with E-state index in [1.807, 2.05) is 18.2 Å². The third-order valence-electron chi connectivity index (χ3n) is 3.04. The van der Waals surface area contributed by atoms with Crippen LogP contribution >= 0.6 is 0 Å². The van der Waals surface area contributed by atoms with Crippen molar-refractivity contribution in [3.05, 3.63) is 35.4 Å². The van der Waals surface area contributed by atoms with Crippen LogP contribution in [0.2, 0.25) is 0 Å². The van der Waals surface area contributed by atoms with Crippen molar-refractivity contribution in [2.45, 2.75) is 25.0 Å². The Morgan fingerprint density at radius 1 is 1.31 bits per heavy atom. The Morgan fingerprint density at radius 2 is 2.12 bits per heavy atom. The van der Waals surface area contributed by atoms with Gasteiger partial charge in [-0.05, 0) is 24.0 Å². The van der Waals surface area contributed by atoms with Crippen molar-refractivity contribution in [2.75, 3.05) is 20.3 Å². The minimum atomic E-state index is -0.498. The Balaban J connectivity index is 2.00. The summed E-state index contributed by atoms with van der Waals surface area (Å²) >= 11 is 0. The lowest BCUT2D eigenvalue weighted by Crippen LogP contribution is -2.29. The molecule has 3 heteroatoms. The maximum absolute atomic E-state index is 10.2. The number of rotatable bonds is 4. The van der Waals surface area contributed by atoms with Crippen LogP contribution in [0.3, 0.4) is 0 Å². The molecule has 0 spiro atoms. The predicted octanol–water partition coefficient (Wildman–Crippen LogP) is 1.70. The molecule has 1 aromatic rings. The average Bonchev–Trinajstić information content (AvgIpc) is 2.33. The van der Waals surface area contributed by atoms with E-state index in [0.717, 1.165) is 18.4 Å². The van der Waals surface area contributed by atoms with Crippen molar-refractivity contribution < 1.29 is 14.6 Å². The van der Waals surface area contributed by atoms with Gasteiger partial charge in [-0.15, -0.1) is 0 Å². The molecule has 0 amide bonds. The smallest absolute Gasteiger partial charge is 0.105 e. The summed E-state index contributed by atoms with van der Waals surface area (Å²) in [6.45, 7) is 1.12. The number of fused-ring (bicyclic) bond motifs is 1. The molecule has 1 N–H and O–H groups in total. The van der Waals surface area contributed by atoms with Crippen molar-refractivity contribution in [2.24, 2.45) is 0 Å². The van der Waals surface area contributed by atoms with Gasteiger partial charge in [0.25, 0.3) is 0 Å². The predicted molar refractivity (Wildman–Crippen MR) is 61.3 cm³/mol. The zero-order chi connectivity index (χ0) is 11.4. The molecule has 0 aromatic heterocycles. The topological polar surface area (TPSA) is 38.7 Å². The maximum Gasteiger partial charge on any atom is 0.105 e. The first-order valence-corrected chi connectivity index (χ1v) is 5.69. The highest BCUT2D eigenvalue weighted by Crippen LogP contribution is 2.31. The van der Waals surface area contributed by atoms with E-state index in [-0.39, 0.29) is 6.10 Å². The van der Waals surface area contributed by atoms with Crippen molar-refractivity contribution >= 4 is 0 Å². The summed E-state index contributed by atoms with van der Waals surface area (Å²) in [6.07, 6.45) is 1.26. The molecule has 0 bridgehead atoms. The minimum absolute atomic E-state index is 0.0925. The van der Waals surface area contributed by atoms with Gasteiger partial charge in [0.15, 0.2) is 0 Å². The van der Waals surface area contributed by atoms with Crippen LogP contribution in [0.25, 0.3) is 0 Å². The van der Waals surface area contributed by atoms with Gasteiger partial charge in [0.05, 0.1) is 19.3 Å². The zero-order valence-corrected chi connectivity index (χ0v) is 9.56. The van der Waals surface area contributed by atoms with E-state index in [2.05, 4.69) is 6.07 Å². The molecular formula is C13H18O3. The fraction of sp³-hybridized carbons (Fsp3) is 0.538. The van der Waals surface area contributed by atoms with Gasteiger partial charge in [-0.25, -0.2) is 0 Å². The van der Waals surface area contributed by atoms with Crippen molar-refractivity contribution in [1.29, 1.82) is 0 Å². The van der Waals surface area contributed by atoms with Crippen molar-refractivity contribution in [3.8, 4) is 0 Å².